The van der Waals surface area contributed by atoms with Crippen LogP contribution in [0.25, 0.3) is 0 Å². The first-order valence-electron chi connectivity index (χ1n) is 8.08. The van der Waals surface area contributed by atoms with Gasteiger partial charge in [0.05, 0.1) is 17.2 Å². The van der Waals surface area contributed by atoms with Gasteiger partial charge in [0.1, 0.15) is 12.0 Å². The molecule has 1 aromatic carbocycles. The van der Waals surface area contributed by atoms with Crippen LogP contribution in [-0.4, -0.2) is 50.3 Å². The topological polar surface area (TPSA) is 72.4 Å². The Bertz CT molecular complexity index is 902. The highest BCUT2D eigenvalue weighted by Gasteiger charge is 2.34. The Morgan fingerprint density at radius 3 is 2.44 bits per heavy atom. The summed E-state index contributed by atoms with van der Waals surface area (Å²) in [6, 6.07) is 2.64. The van der Waals surface area contributed by atoms with E-state index < -0.39 is 22.4 Å². The van der Waals surface area contributed by atoms with Gasteiger partial charge in [0.25, 0.3) is 5.69 Å². The van der Waals surface area contributed by atoms with E-state index in [0.29, 0.717) is 43.7 Å². The van der Waals surface area contributed by atoms with Crippen molar-refractivity contribution < 1.29 is 18.1 Å². The lowest BCUT2D eigenvalue weighted by Gasteiger charge is -2.35. The minimum Gasteiger partial charge on any atom is -0.363 e. The standard InChI is InChI=1S/C15H17F3N6O2S/c1-20-9-19-23(14(20)27)10-21-4-6-22(7-5-21)12-3-2-11(15(16,17)18)8-13(12)24(25)26/h2-3,8-9H,4-7,10H2,1H3. The zero-order chi connectivity index (χ0) is 19.8. The number of anilines is 1. The van der Waals surface area contributed by atoms with E-state index in [1.54, 1.807) is 27.5 Å². The Kier molecular flexibility index (Phi) is 5.20. The fraction of sp³-hybridized carbons (Fsp3) is 0.467. The molecule has 3 rings (SSSR count). The second-order valence-electron chi connectivity index (χ2n) is 6.23. The third-order valence-electron chi connectivity index (χ3n) is 4.43. The lowest BCUT2D eigenvalue weighted by Crippen LogP contribution is -2.47. The molecule has 27 heavy (non-hydrogen) atoms. The van der Waals surface area contributed by atoms with Gasteiger partial charge in [-0.05, 0) is 24.4 Å². The first kappa shape index (κ1) is 19.3. The summed E-state index contributed by atoms with van der Waals surface area (Å²) in [6.45, 7) is 2.55. The molecule has 1 aliphatic rings. The van der Waals surface area contributed by atoms with Crippen LogP contribution in [0.3, 0.4) is 0 Å². The van der Waals surface area contributed by atoms with Crippen molar-refractivity contribution in [3.63, 3.8) is 0 Å². The van der Waals surface area contributed by atoms with Crippen molar-refractivity contribution in [1.82, 2.24) is 19.2 Å². The van der Waals surface area contributed by atoms with E-state index >= 15 is 0 Å². The van der Waals surface area contributed by atoms with Gasteiger partial charge in [-0.2, -0.15) is 18.3 Å². The number of halogens is 3. The van der Waals surface area contributed by atoms with Crippen molar-refractivity contribution in [2.75, 3.05) is 31.1 Å². The second-order valence-corrected chi connectivity index (χ2v) is 6.59. The molecule has 0 amide bonds. The Balaban J connectivity index is 1.73. The number of nitro benzene ring substituents is 1. The van der Waals surface area contributed by atoms with Crippen LogP contribution in [0, 0.1) is 14.9 Å². The van der Waals surface area contributed by atoms with Crippen molar-refractivity contribution in [2.45, 2.75) is 12.8 Å². The Hall–Kier alpha value is -2.47. The maximum atomic E-state index is 12.8. The fourth-order valence-corrected chi connectivity index (χ4v) is 3.10. The van der Waals surface area contributed by atoms with E-state index in [4.69, 9.17) is 12.2 Å². The molecule has 0 bridgehead atoms. The summed E-state index contributed by atoms with van der Waals surface area (Å²) in [7, 11) is 1.80. The van der Waals surface area contributed by atoms with Gasteiger partial charge < -0.3 is 9.47 Å². The monoisotopic (exact) mass is 402 g/mol. The molecule has 0 aliphatic carbocycles. The molecule has 0 N–H and O–H groups in total. The van der Waals surface area contributed by atoms with Gasteiger partial charge in [0.15, 0.2) is 4.77 Å². The van der Waals surface area contributed by atoms with Crippen LogP contribution in [0.4, 0.5) is 24.5 Å². The van der Waals surface area contributed by atoms with Gasteiger partial charge in [0, 0.05) is 39.3 Å². The van der Waals surface area contributed by atoms with Gasteiger partial charge in [0.2, 0.25) is 0 Å². The van der Waals surface area contributed by atoms with Gasteiger partial charge in [-0.15, -0.1) is 0 Å². The summed E-state index contributed by atoms with van der Waals surface area (Å²) < 4.78 is 42.5. The summed E-state index contributed by atoms with van der Waals surface area (Å²) in [4.78, 5) is 14.3. The molecule has 12 heteroatoms. The average molecular weight is 402 g/mol. The van der Waals surface area contributed by atoms with Crippen LogP contribution in [0.5, 0.6) is 0 Å². The highest BCUT2D eigenvalue weighted by atomic mass is 32.1. The van der Waals surface area contributed by atoms with Gasteiger partial charge in [-0.3, -0.25) is 15.0 Å². The van der Waals surface area contributed by atoms with Crippen LogP contribution >= 0.6 is 12.2 Å². The molecular weight excluding hydrogens is 385 g/mol. The zero-order valence-electron chi connectivity index (χ0n) is 14.4. The first-order valence-corrected chi connectivity index (χ1v) is 8.49. The second kappa shape index (κ2) is 7.27. The highest BCUT2D eigenvalue weighted by Crippen LogP contribution is 2.36. The number of piperazine rings is 1. The van der Waals surface area contributed by atoms with Gasteiger partial charge in [-0.1, -0.05) is 0 Å². The Morgan fingerprint density at radius 2 is 1.93 bits per heavy atom. The number of hydrogen-bond acceptors (Lipinski definition) is 6. The van der Waals surface area contributed by atoms with Crippen LogP contribution < -0.4 is 4.90 Å². The average Bonchev–Trinajstić information content (AvgIpc) is 2.93. The predicted molar refractivity (Wildman–Crippen MR) is 93.9 cm³/mol. The predicted octanol–water partition coefficient (Wildman–Crippen LogP) is 2.66. The number of nitro groups is 1. The molecule has 0 radical (unpaired) electrons. The molecule has 0 spiro atoms. The maximum absolute atomic E-state index is 12.8. The number of aromatic nitrogens is 3. The van der Waals surface area contributed by atoms with Crippen molar-refractivity contribution in [2.24, 2.45) is 7.05 Å². The van der Waals surface area contributed by atoms with E-state index in [-0.39, 0.29) is 5.69 Å². The van der Waals surface area contributed by atoms with Crippen molar-refractivity contribution in [3.8, 4) is 0 Å². The number of nitrogens with zero attached hydrogens (tertiary/aromatic N) is 6. The SMILES string of the molecule is Cn1cnn(CN2CCN(c3ccc(C(F)(F)F)cc3[N+](=O)[O-])CC2)c1=S. The summed E-state index contributed by atoms with van der Waals surface area (Å²) in [6.07, 6.45) is -3.01. The van der Waals surface area contributed by atoms with E-state index in [1.165, 1.54) is 6.07 Å². The largest absolute Gasteiger partial charge is 0.416 e. The minimum atomic E-state index is -4.62. The van der Waals surface area contributed by atoms with Gasteiger partial charge >= 0.3 is 6.18 Å². The van der Waals surface area contributed by atoms with E-state index in [2.05, 4.69) is 10.00 Å². The Morgan fingerprint density at radius 1 is 1.26 bits per heavy atom. The van der Waals surface area contributed by atoms with Crippen LogP contribution in [0.1, 0.15) is 5.56 Å². The smallest absolute Gasteiger partial charge is 0.363 e. The van der Waals surface area contributed by atoms with Crippen LogP contribution in [0.2, 0.25) is 0 Å². The molecule has 8 nitrogen and oxygen atoms in total. The lowest BCUT2D eigenvalue weighted by atomic mass is 10.1. The molecule has 1 fully saturated rings. The molecule has 0 unspecified atom stereocenters. The van der Waals surface area contributed by atoms with Crippen molar-refractivity contribution >= 4 is 23.6 Å². The summed E-state index contributed by atoms with van der Waals surface area (Å²) in [5.74, 6) is 0. The van der Waals surface area contributed by atoms with E-state index in [0.717, 1.165) is 6.07 Å². The first-order chi connectivity index (χ1) is 12.7. The Labute approximate surface area is 157 Å². The number of aryl methyl sites for hydroxylation is 1. The molecule has 0 saturated carbocycles. The molecule has 0 atom stereocenters. The molecule has 1 aliphatic heterocycles. The minimum absolute atomic E-state index is 0.196. The van der Waals surface area contributed by atoms with Crippen LogP contribution in [-0.2, 0) is 19.9 Å². The third kappa shape index (κ3) is 4.11. The highest BCUT2D eigenvalue weighted by molar-refractivity contribution is 7.71. The quantitative estimate of drug-likeness (QED) is 0.445. The lowest BCUT2D eigenvalue weighted by molar-refractivity contribution is -0.384. The molecule has 2 aromatic rings. The normalized spacial score (nSPS) is 15.9. The number of benzene rings is 1. The molecule has 2 heterocycles. The number of hydrogen-bond donors (Lipinski definition) is 0. The van der Waals surface area contributed by atoms with E-state index in [9.17, 15) is 23.3 Å². The number of alkyl halides is 3. The molecule has 146 valence electrons. The molecule has 1 aromatic heterocycles. The third-order valence-corrected chi connectivity index (χ3v) is 4.93. The molecule has 1 saturated heterocycles. The van der Waals surface area contributed by atoms with Crippen molar-refractivity contribution in [3.05, 3.63) is 45.0 Å². The van der Waals surface area contributed by atoms with Crippen LogP contribution in [0.15, 0.2) is 24.5 Å². The summed E-state index contributed by atoms with van der Waals surface area (Å²) in [5.41, 5.74) is -1.37. The summed E-state index contributed by atoms with van der Waals surface area (Å²) >= 11 is 5.24. The van der Waals surface area contributed by atoms with E-state index in [1.807, 2.05) is 0 Å². The summed E-state index contributed by atoms with van der Waals surface area (Å²) in [5, 5.41) is 15.4. The van der Waals surface area contributed by atoms with Crippen molar-refractivity contribution in [1.29, 1.82) is 0 Å². The maximum Gasteiger partial charge on any atom is 0.416 e. The fourth-order valence-electron chi connectivity index (χ4n) is 2.95. The molecular formula is C15H17F3N6O2S. The number of rotatable bonds is 4. The van der Waals surface area contributed by atoms with Gasteiger partial charge in [-0.25, -0.2) is 4.68 Å². The zero-order valence-corrected chi connectivity index (χ0v) is 15.2.